The first-order valence-electron chi connectivity index (χ1n) is 7.39. The van der Waals surface area contributed by atoms with Gasteiger partial charge in [0.2, 0.25) is 0 Å². The molecule has 3 heteroatoms. The second-order valence-corrected chi connectivity index (χ2v) is 5.79. The molecule has 1 aliphatic carbocycles. The Morgan fingerprint density at radius 1 is 1.39 bits per heavy atom. The summed E-state index contributed by atoms with van der Waals surface area (Å²) in [5.41, 5.74) is -0.437. The molecule has 1 saturated carbocycles. The summed E-state index contributed by atoms with van der Waals surface area (Å²) in [6.45, 7) is 7.95. The van der Waals surface area contributed by atoms with Gasteiger partial charge in [-0.3, -0.25) is 5.32 Å². The van der Waals surface area contributed by atoms with Crippen LogP contribution in [0, 0.1) is 17.2 Å². The standard InChI is InChI=1S/C15H28N2O/c1-4-10-17-15(3,12-16)9-11-18-14-8-6-5-7-13(14)2/h13-14,17H,4-11H2,1-3H3. The van der Waals surface area contributed by atoms with Crippen molar-refractivity contribution >= 4 is 0 Å². The van der Waals surface area contributed by atoms with Crippen molar-refractivity contribution in [1.29, 1.82) is 5.26 Å². The van der Waals surface area contributed by atoms with Crippen LogP contribution in [0.5, 0.6) is 0 Å². The number of hydrogen-bond acceptors (Lipinski definition) is 3. The van der Waals surface area contributed by atoms with Crippen molar-refractivity contribution < 1.29 is 4.74 Å². The Kier molecular flexibility index (Phi) is 6.67. The Hall–Kier alpha value is -0.590. The fraction of sp³-hybridized carbons (Fsp3) is 0.933. The Labute approximate surface area is 112 Å². The van der Waals surface area contributed by atoms with Gasteiger partial charge in [-0.25, -0.2) is 0 Å². The van der Waals surface area contributed by atoms with Crippen molar-refractivity contribution in [2.45, 2.75) is 70.9 Å². The van der Waals surface area contributed by atoms with E-state index in [4.69, 9.17) is 4.74 Å². The monoisotopic (exact) mass is 252 g/mol. The molecule has 0 saturated heterocycles. The lowest BCUT2D eigenvalue weighted by atomic mass is 9.88. The highest BCUT2D eigenvalue weighted by molar-refractivity contribution is 5.03. The number of nitriles is 1. The van der Waals surface area contributed by atoms with E-state index >= 15 is 0 Å². The lowest BCUT2D eigenvalue weighted by Gasteiger charge is -2.30. The third-order valence-electron chi connectivity index (χ3n) is 3.98. The maximum Gasteiger partial charge on any atom is 0.106 e. The van der Waals surface area contributed by atoms with Gasteiger partial charge in [0.05, 0.1) is 12.2 Å². The third kappa shape index (κ3) is 4.96. The minimum Gasteiger partial charge on any atom is -0.378 e. The molecule has 3 nitrogen and oxygen atoms in total. The quantitative estimate of drug-likeness (QED) is 0.756. The lowest BCUT2D eigenvalue weighted by molar-refractivity contribution is -0.0107. The van der Waals surface area contributed by atoms with E-state index in [1.165, 1.54) is 25.7 Å². The third-order valence-corrected chi connectivity index (χ3v) is 3.98. The number of nitrogens with zero attached hydrogens (tertiary/aromatic N) is 1. The van der Waals surface area contributed by atoms with Crippen LogP contribution in [0.4, 0.5) is 0 Å². The van der Waals surface area contributed by atoms with E-state index in [1.807, 2.05) is 6.92 Å². The molecule has 0 radical (unpaired) electrons. The van der Waals surface area contributed by atoms with Crippen LogP contribution in [0.15, 0.2) is 0 Å². The molecule has 1 aliphatic rings. The van der Waals surface area contributed by atoms with Crippen molar-refractivity contribution in [3.05, 3.63) is 0 Å². The zero-order chi connectivity index (χ0) is 13.4. The van der Waals surface area contributed by atoms with Gasteiger partial charge in [-0.1, -0.05) is 26.7 Å². The van der Waals surface area contributed by atoms with Gasteiger partial charge in [-0.2, -0.15) is 5.26 Å². The highest BCUT2D eigenvalue weighted by atomic mass is 16.5. The molecule has 3 atom stereocenters. The largest absolute Gasteiger partial charge is 0.378 e. The summed E-state index contributed by atoms with van der Waals surface area (Å²) < 4.78 is 5.98. The Morgan fingerprint density at radius 2 is 2.11 bits per heavy atom. The molecule has 0 bridgehead atoms. The van der Waals surface area contributed by atoms with Crippen molar-refractivity contribution in [2.75, 3.05) is 13.2 Å². The van der Waals surface area contributed by atoms with Crippen molar-refractivity contribution in [3.63, 3.8) is 0 Å². The predicted octanol–water partition coefficient (Wildman–Crippen LogP) is 3.25. The number of hydrogen-bond donors (Lipinski definition) is 1. The van der Waals surface area contributed by atoms with Crippen LogP contribution in [0.1, 0.15) is 59.3 Å². The van der Waals surface area contributed by atoms with Gasteiger partial charge >= 0.3 is 0 Å². The van der Waals surface area contributed by atoms with Gasteiger partial charge < -0.3 is 4.74 Å². The van der Waals surface area contributed by atoms with Gasteiger partial charge in [0.25, 0.3) is 0 Å². The topological polar surface area (TPSA) is 45.0 Å². The summed E-state index contributed by atoms with van der Waals surface area (Å²) in [5, 5.41) is 12.5. The zero-order valence-electron chi connectivity index (χ0n) is 12.2. The average molecular weight is 252 g/mol. The van der Waals surface area contributed by atoms with E-state index in [9.17, 15) is 5.26 Å². The van der Waals surface area contributed by atoms with Crippen molar-refractivity contribution in [2.24, 2.45) is 5.92 Å². The van der Waals surface area contributed by atoms with Crippen LogP contribution in [0.2, 0.25) is 0 Å². The molecule has 0 aromatic carbocycles. The Bertz CT molecular complexity index is 274. The molecule has 0 heterocycles. The maximum atomic E-state index is 9.23. The SMILES string of the molecule is CCCNC(C)(C#N)CCOC1CCCCC1C. The van der Waals surface area contributed by atoms with Crippen LogP contribution in [-0.2, 0) is 4.74 Å². The van der Waals surface area contributed by atoms with E-state index in [1.54, 1.807) is 0 Å². The van der Waals surface area contributed by atoms with Crippen molar-refractivity contribution in [3.8, 4) is 6.07 Å². The molecule has 104 valence electrons. The van der Waals surface area contributed by atoms with Crippen LogP contribution >= 0.6 is 0 Å². The minimum atomic E-state index is -0.437. The van der Waals surface area contributed by atoms with Gasteiger partial charge in [-0.05, 0) is 38.6 Å². The molecule has 0 amide bonds. The molecule has 1 rings (SSSR count). The molecule has 0 spiro atoms. The summed E-state index contributed by atoms with van der Waals surface area (Å²) in [7, 11) is 0. The van der Waals surface area contributed by atoms with Crippen LogP contribution < -0.4 is 5.32 Å². The van der Waals surface area contributed by atoms with Gasteiger partial charge in [0.1, 0.15) is 5.54 Å². The van der Waals surface area contributed by atoms with E-state index in [0.29, 0.717) is 18.6 Å². The second-order valence-electron chi connectivity index (χ2n) is 5.79. The van der Waals surface area contributed by atoms with E-state index in [-0.39, 0.29) is 0 Å². The van der Waals surface area contributed by atoms with E-state index in [0.717, 1.165) is 19.4 Å². The molecule has 18 heavy (non-hydrogen) atoms. The van der Waals surface area contributed by atoms with E-state index in [2.05, 4.69) is 25.2 Å². The fourth-order valence-electron chi connectivity index (χ4n) is 2.53. The molecular formula is C15H28N2O. The molecule has 0 aromatic heterocycles. The van der Waals surface area contributed by atoms with E-state index < -0.39 is 5.54 Å². The Balaban J connectivity index is 2.28. The first-order valence-corrected chi connectivity index (χ1v) is 7.39. The molecule has 3 unspecified atom stereocenters. The summed E-state index contributed by atoms with van der Waals surface area (Å²) in [4.78, 5) is 0. The molecule has 0 aromatic rings. The van der Waals surface area contributed by atoms with Crippen molar-refractivity contribution in [1.82, 2.24) is 5.32 Å². The van der Waals surface area contributed by atoms with Crippen LogP contribution in [0.3, 0.4) is 0 Å². The zero-order valence-corrected chi connectivity index (χ0v) is 12.2. The number of rotatable bonds is 7. The highest BCUT2D eigenvalue weighted by Gasteiger charge is 2.25. The molecular weight excluding hydrogens is 224 g/mol. The minimum absolute atomic E-state index is 0.410. The summed E-state index contributed by atoms with van der Waals surface area (Å²) in [5.74, 6) is 0.677. The first-order chi connectivity index (χ1) is 8.61. The average Bonchev–Trinajstić information content (AvgIpc) is 2.39. The molecule has 0 aliphatic heterocycles. The lowest BCUT2D eigenvalue weighted by Crippen LogP contribution is -2.42. The van der Waals surface area contributed by atoms with Crippen LogP contribution in [-0.4, -0.2) is 24.8 Å². The summed E-state index contributed by atoms with van der Waals surface area (Å²) in [6.07, 6.45) is 7.34. The van der Waals surface area contributed by atoms with Gasteiger partial charge in [-0.15, -0.1) is 0 Å². The predicted molar refractivity (Wildman–Crippen MR) is 74.3 cm³/mol. The first kappa shape index (κ1) is 15.5. The second kappa shape index (κ2) is 7.76. The smallest absolute Gasteiger partial charge is 0.106 e. The molecule has 1 fully saturated rings. The maximum absolute atomic E-state index is 9.23. The number of ether oxygens (including phenoxy) is 1. The normalized spacial score (nSPS) is 27.4. The highest BCUT2D eigenvalue weighted by Crippen LogP contribution is 2.26. The summed E-state index contributed by atoms with van der Waals surface area (Å²) >= 11 is 0. The van der Waals surface area contributed by atoms with Gasteiger partial charge in [0.15, 0.2) is 0 Å². The Morgan fingerprint density at radius 3 is 2.72 bits per heavy atom. The van der Waals surface area contributed by atoms with Gasteiger partial charge in [0, 0.05) is 13.0 Å². The fourth-order valence-corrected chi connectivity index (χ4v) is 2.53. The number of nitrogens with one attached hydrogen (secondary N) is 1. The molecule has 1 N–H and O–H groups in total. The van der Waals surface area contributed by atoms with Crippen LogP contribution in [0.25, 0.3) is 0 Å². The summed E-state index contributed by atoms with van der Waals surface area (Å²) in [6, 6.07) is 2.37.